The van der Waals surface area contributed by atoms with Crippen molar-refractivity contribution in [2.75, 3.05) is 6.61 Å². The topological polar surface area (TPSA) is 35.2 Å². The van der Waals surface area contributed by atoms with E-state index in [-0.39, 0.29) is 12.1 Å². The van der Waals surface area contributed by atoms with Crippen LogP contribution in [0.2, 0.25) is 0 Å². The quantitative estimate of drug-likeness (QED) is 0.762. The van der Waals surface area contributed by atoms with Gasteiger partial charge in [-0.15, -0.1) is 0 Å². The highest BCUT2D eigenvalue weighted by Gasteiger charge is 2.31. The number of fused-ring (bicyclic) bond motifs is 1. The molecule has 2 nitrogen and oxygen atoms in total. The molecule has 0 spiro atoms. The van der Waals surface area contributed by atoms with Gasteiger partial charge in [-0.2, -0.15) is 0 Å². The molecule has 0 saturated carbocycles. The molecule has 1 aliphatic rings. The molecule has 2 atom stereocenters. The third kappa shape index (κ3) is 1.72. The Morgan fingerprint density at radius 2 is 2.36 bits per heavy atom. The van der Waals surface area contributed by atoms with Crippen LogP contribution in [0.15, 0.2) is 11.4 Å². The SMILES string of the molecule is CC(C)[C@H](N)[C@H]1OCCc2[sH+]ccc21. The van der Waals surface area contributed by atoms with Crippen LogP contribution < -0.4 is 5.73 Å². The highest BCUT2D eigenvalue weighted by atomic mass is 32.1. The Morgan fingerprint density at radius 1 is 1.57 bits per heavy atom. The minimum absolute atomic E-state index is 0.123. The van der Waals surface area contributed by atoms with Crippen LogP contribution >= 0.6 is 11.3 Å². The van der Waals surface area contributed by atoms with E-state index >= 15 is 0 Å². The maximum absolute atomic E-state index is 6.15. The van der Waals surface area contributed by atoms with E-state index in [0.717, 1.165) is 13.0 Å². The zero-order valence-corrected chi connectivity index (χ0v) is 9.63. The number of ether oxygens (including phenoxy) is 1. The predicted octanol–water partition coefficient (Wildman–Crippen LogP) is 2.08. The fourth-order valence-electron chi connectivity index (χ4n) is 1.89. The molecular weight excluding hydrogens is 194 g/mol. The Labute approximate surface area is 89.1 Å². The second-order valence-corrected chi connectivity index (χ2v) is 5.31. The first-order valence-electron chi connectivity index (χ1n) is 5.18. The maximum Gasteiger partial charge on any atom is 0.156 e. The highest BCUT2D eigenvalue weighted by molar-refractivity contribution is 7.10. The van der Waals surface area contributed by atoms with Crippen molar-refractivity contribution in [2.24, 2.45) is 11.7 Å². The fourth-order valence-corrected chi connectivity index (χ4v) is 2.87. The van der Waals surface area contributed by atoms with Crippen LogP contribution in [0.25, 0.3) is 0 Å². The monoisotopic (exact) mass is 212 g/mol. The first-order valence-corrected chi connectivity index (χ1v) is 6.14. The van der Waals surface area contributed by atoms with Gasteiger partial charge in [0, 0.05) is 24.1 Å². The Balaban J connectivity index is 2.23. The van der Waals surface area contributed by atoms with Gasteiger partial charge in [0.15, 0.2) is 4.88 Å². The second-order valence-electron chi connectivity index (χ2n) is 4.21. The van der Waals surface area contributed by atoms with Crippen LogP contribution in [0.3, 0.4) is 0 Å². The zero-order valence-electron chi connectivity index (χ0n) is 8.73. The third-order valence-electron chi connectivity index (χ3n) is 2.88. The van der Waals surface area contributed by atoms with Crippen molar-refractivity contribution in [1.82, 2.24) is 0 Å². The van der Waals surface area contributed by atoms with E-state index in [0.29, 0.717) is 5.92 Å². The molecule has 1 aliphatic heterocycles. The van der Waals surface area contributed by atoms with Gasteiger partial charge in [0.05, 0.1) is 6.61 Å². The Morgan fingerprint density at radius 3 is 3.07 bits per heavy atom. The molecule has 1 aromatic heterocycles. The lowest BCUT2D eigenvalue weighted by atomic mass is 9.93. The van der Waals surface area contributed by atoms with E-state index in [9.17, 15) is 0 Å². The van der Waals surface area contributed by atoms with Crippen LogP contribution in [0.1, 0.15) is 30.4 Å². The molecule has 0 aromatic carbocycles. The van der Waals surface area contributed by atoms with Gasteiger partial charge in [-0.05, 0) is 17.3 Å². The van der Waals surface area contributed by atoms with E-state index in [1.165, 1.54) is 21.8 Å². The summed E-state index contributed by atoms with van der Waals surface area (Å²) in [7, 11) is 0. The van der Waals surface area contributed by atoms with Crippen LogP contribution in [-0.2, 0) is 11.2 Å². The molecule has 14 heavy (non-hydrogen) atoms. The van der Waals surface area contributed by atoms with Gasteiger partial charge in [0.2, 0.25) is 0 Å². The zero-order chi connectivity index (χ0) is 10.1. The summed E-state index contributed by atoms with van der Waals surface area (Å²) >= 11 is 1.35. The molecule has 2 rings (SSSR count). The molecule has 78 valence electrons. The summed E-state index contributed by atoms with van der Waals surface area (Å²) in [6.45, 7) is 5.14. The smallest absolute Gasteiger partial charge is 0.156 e. The normalized spacial score (nSPS) is 23.6. The van der Waals surface area contributed by atoms with Gasteiger partial charge < -0.3 is 10.5 Å². The average Bonchev–Trinajstić information content (AvgIpc) is 2.63. The number of hydrogen-bond acceptors (Lipinski definition) is 2. The van der Waals surface area contributed by atoms with Gasteiger partial charge in [-0.25, -0.2) is 0 Å². The average molecular weight is 212 g/mol. The number of nitrogens with two attached hydrogens (primary N) is 1. The van der Waals surface area contributed by atoms with Gasteiger partial charge in [0.25, 0.3) is 0 Å². The van der Waals surface area contributed by atoms with Crippen molar-refractivity contribution >= 4 is 11.3 Å². The van der Waals surface area contributed by atoms with Crippen molar-refractivity contribution in [3.05, 3.63) is 21.9 Å². The molecule has 1 aromatic rings. The Hall–Kier alpha value is -0.380. The summed E-state index contributed by atoms with van der Waals surface area (Å²) in [4.78, 5) is 1.51. The first-order chi connectivity index (χ1) is 6.70. The van der Waals surface area contributed by atoms with Gasteiger partial charge in [-0.1, -0.05) is 13.8 Å². The van der Waals surface area contributed by atoms with E-state index in [2.05, 4.69) is 25.3 Å². The minimum Gasteiger partial charge on any atom is -0.371 e. The van der Waals surface area contributed by atoms with Crippen molar-refractivity contribution in [2.45, 2.75) is 32.4 Å². The minimum atomic E-state index is 0.123. The molecule has 0 bridgehead atoms. The lowest BCUT2D eigenvalue weighted by Gasteiger charge is -2.29. The number of thiophene rings is 1. The molecule has 2 heterocycles. The molecule has 0 unspecified atom stereocenters. The molecule has 0 saturated heterocycles. The largest absolute Gasteiger partial charge is 0.371 e. The molecule has 2 N–H and O–H groups in total. The summed E-state index contributed by atoms with van der Waals surface area (Å²) in [6.07, 6.45) is 1.20. The second kappa shape index (κ2) is 4.01. The number of rotatable bonds is 2. The molecule has 3 heteroatoms. The van der Waals surface area contributed by atoms with Gasteiger partial charge in [0.1, 0.15) is 11.5 Å². The standard InChI is InChI=1S/C11H17NOS/c1-7(2)10(12)11-8-4-6-14-9(8)3-5-13-11/h4,6-7,10-11H,3,5,12H2,1-2H3/p+1/t10-,11-/m0/s1. The molecule has 0 radical (unpaired) electrons. The van der Waals surface area contributed by atoms with Crippen molar-refractivity contribution in [3.63, 3.8) is 0 Å². The summed E-state index contributed by atoms with van der Waals surface area (Å²) in [5, 5.41) is 2.19. The van der Waals surface area contributed by atoms with E-state index in [4.69, 9.17) is 10.5 Å². The summed E-state index contributed by atoms with van der Waals surface area (Å²) < 4.78 is 5.78. The summed E-state index contributed by atoms with van der Waals surface area (Å²) in [5.41, 5.74) is 7.50. The van der Waals surface area contributed by atoms with Crippen molar-refractivity contribution in [1.29, 1.82) is 0 Å². The molecule has 0 aliphatic carbocycles. The van der Waals surface area contributed by atoms with Crippen LogP contribution in [0, 0.1) is 5.92 Å². The molecule has 0 amide bonds. The summed E-state index contributed by atoms with van der Waals surface area (Å²) in [6, 6.07) is 2.31. The van der Waals surface area contributed by atoms with E-state index in [1.807, 2.05) is 0 Å². The lowest BCUT2D eigenvalue weighted by Crippen LogP contribution is -2.37. The number of hydrogen-bond donors (Lipinski definition) is 1. The van der Waals surface area contributed by atoms with Crippen molar-refractivity contribution < 1.29 is 4.74 Å². The molecule has 0 fully saturated rings. The first kappa shape index (κ1) is 10.1. The van der Waals surface area contributed by atoms with Crippen molar-refractivity contribution in [3.8, 4) is 0 Å². The fraction of sp³-hybridized carbons (Fsp3) is 0.636. The predicted molar refractivity (Wildman–Crippen MR) is 60.9 cm³/mol. The summed E-state index contributed by atoms with van der Waals surface area (Å²) in [5.74, 6) is 0.470. The third-order valence-corrected chi connectivity index (χ3v) is 3.97. The van der Waals surface area contributed by atoms with E-state index in [1.54, 1.807) is 0 Å². The Kier molecular flexibility index (Phi) is 2.91. The van der Waals surface area contributed by atoms with Crippen LogP contribution in [0.4, 0.5) is 0 Å². The Bertz CT molecular complexity index is 308. The van der Waals surface area contributed by atoms with Crippen LogP contribution in [0.5, 0.6) is 0 Å². The van der Waals surface area contributed by atoms with Crippen LogP contribution in [-0.4, -0.2) is 12.6 Å². The van der Waals surface area contributed by atoms with Gasteiger partial charge in [-0.3, -0.25) is 0 Å². The molecular formula is C11H18NOS+. The van der Waals surface area contributed by atoms with Gasteiger partial charge >= 0.3 is 0 Å². The van der Waals surface area contributed by atoms with E-state index < -0.39 is 0 Å². The highest BCUT2D eigenvalue weighted by Crippen LogP contribution is 2.34. The maximum atomic E-state index is 6.15. The lowest BCUT2D eigenvalue weighted by molar-refractivity contribution is 0.0155.